The Hall–Kier alpha value is -1.03. The second kappa shape index (κ2) is 4.66. The van der Waals surface area contributed by atoms with E-state index in [2.05, 4.69) is 0 Å². The van der Waals surface area contributed by atoms with Crippen molar-refractivity contribution in [3.8, 4) is 0 Å². The molecule has 1 saturated carbocycles. The predicted molar refractivity (Wildman–Crippen MR) is 58.1 cm³/mol. The third-order valence-electron chi connectivity index (χ3n) is 2.71. The standard InChI is InChI=1S/C11H18N2O2/c1-2-15-9-3-6-12-7-8-13(11(12)14)10-4-5-10/h7-8,10H,2-6,9H2,1H3. The zero-order valence-electron chi connectivity index (χ0n) is 9.19. The maximum atomic E-state index is 11.8. The summed E-state index contributed by atoms with van der Waals surface area (Å²) in [7, 11) is 0. The van der Waals surface area contributed by atoms with Crippen LogP contribution in [0.5, 0.6) is 0 Å². The van der Waals surface area contributed by atoms with Gasteiger partial charge in [-0.1, -0.05) is 0 Å². The lowest BCUT2D eigenvalue weighted by molar-refractivity contribution is 0.141. The molecule has 84 valence electrons. The van der Waals surface area contributed by atoms with Crippen LogP contribution in [0, 0.1) is 0 Å². The van der Waals surface area contributed by atoms with Crippen molar-refractivity contribution in [2.45, 2.75) is 38.8 Å². The summed E-state index contributed by atoms with van der Waals surface area (Å²) >= 11 is 0. The van der Waals surface area contributed by atoms with Crippen molar-refractivity contribution in [3.63, 3.8) is 0 Å². The molecule has 0 unspecified atom stereocenters. The first kappa shape index (κ1) is 10.5. The van der Waals surface area contributed by atoms with Crippen LogP contribution in [0.1, 0.15) is 32.2 Å². The van der Waals surface area contributed by atoms with E-state index in [1.54, 1.807) is 4.57 Å². The Kier molecular flexibility index (Phi) is 3.26. The fourth-order valence-electron chi connectivity index (χ4n) is 1.71. The van der Waals surface area contributed by atoms with Gasteiger partial charge in [-0.15, -0.1) is 0 Å². The van der Waals surface area contributed by atoms with E-state index in [9.17, 15) is 4.79 Å². The van der Waals surface area contributed by atoms with Crippen molar-refractivity contribution in [2.24, 2.45) is 0 Å². The molecule has 0 radical (unpaired) electrons. The molecule has 15 heavy (non-hydrogen) atoms. The van der Waals surface area contributed by atoms with Crippen LogP contribution in [0.25, 0.3) is 0 Å². The summed E-state index contributed by atoms with van der Waals surface area (Å²) in [5.74, 6) is 0. The highest BCUT2D eigenvalue weighted by Crippen LogP contribution is 2.33. The van der Waals surface area contributed by atoms with E-state index in [1.165, 1.54) is 0 Å². The van der Waals surface area contributed by atoms with Crippen molar-refractivity contribution in [1.82, 2.24) is 9.13 Å². The van der Waals surface area contributed by atoms with E-state index in [0.29, 0.717) is 6.04 Å². The number of aromatic nitrogens is 2. The minimum absolute atomic E-state index is 0.133. The van der Waals surface area contributed by atoms with Gasteiger partial charge in [0.15, 0.2) is 0 Å². The Bertz CT molecular complexity index is 363. The first-order valence-corrected chi connectivity index (χ1v) is 5.68. The highest BCUT2D eigenvalue weighted by Gasteiger charge is 2.25. The molecule has 1 heterocycles. The maximum absolute atomic E-state index is 11.8. The number of hydrogen-bond donors (Lipinski definition) is 0. The Morgan fingerprint density at radius 1 is 1.47 bits per heavy atom. The highest BCUT2D eigenvalue weighted by atomic mass is 16.5. The molecule has 1 aliphatic rings. The summed E-state index contributed by atoms with van der Waals surface area (Å²) < 4.78 is 8.86. The highest BCUT2D eigenvalue weighted by molar-refractivity contribution is 4.91. The number of imidazole rings is 1. The SMILES string of the molecule is CCOCCCn1ccn(C2CC2)c1=O. The van der Waals surface area contributed by atoms with Gasteiger partial charge in [0.2, 0.25) is 0 Å². The molecule has 0 aromatic carbocycles. The van der Waals surface area contributed by atoms with Crippen LogP contribution in [0.3, 0.4) is 0 Å². The third kappa shape index (κ3) is 2.50. The maximum Gasteiger partial charge on any atom is 0.328 e. The van der Waals surface area contributed by atoms with Gasteiger partial charge >= 0.3 is 5.69 Å². The van der Waals surface area contributed by atoms with Crippen LogP contribution in [0.4, 0.5) is 0 Å². The topological polar surface area (TPSA) is 36.2 Å². The second-order valence-electron chi connectivity index (χ2n) is 3.96. The molecule has 2 rings (SSSR count). The van der Waals surface area contributed by atoms with Gasteiger partial charge in [-0.2, -0.15) is 0 Å². The van der Waals surface area contributed by atoms with Gasteiger partial charge in [0.1, 0.15) is 0 Å². The van der Waals surface area contributed by atoms with E-state index in [0.717, 1.165) is 39.0 Å². The fraction of sp³-hybridized carbons (Fsp3) is 0.727. The van der Waals surface area contributed by atoms with Crippen LogP contribution in [-0.4, -0.2) is 22.3 Å². The van der Waals surface area contributed by atoms with Crippen molar-refractivity contribution < 1.29 is 4.74 Å². The van der Waals surface area contributed by atoms with Crippen LogP contribution < -0.4 is 5.69 Å². The molecule has 0 saturated heterocycles. The summed E-state index contributed by atoms with van der Waals surface area (Å²) in [6.45, 7) is 4.23. The molecule has 1 aliphatic carbocycles. The van der Waals surface area contributed by atoms with Crippen molar-refractivity contribution in [3.05, 3.63) is 22.9 Å². The van der Waals surface area contributed by atoms with Crippen molar-refractivity contribution >= 4 is 0 Å². The van der Waals surface area contributed by atoms with Gasteiger partial charge in [-0.3, -0.25) is 9.13 Å². The molecule has 0 aliphatic heterocycles. The first-order valence-electron chi connectivity index (χ1n) is 5.68. The van der Waals surface area contributed by atoms with Crippen LogP contribution in [0.15, 0.2) is 17.2 Å². The molecule has 1 aromatic rings. The third-order valence-corrected chi connectivity index (χ3v) is 2.71. The normalized spacial score (nSPS) is 15.8. The van der Waals surface area contributed by atoms with E-state index < -0.39 is 0 Å². The lowest BCUT2D eigenvalue weighted by atomic mass is 10.4. The van der Waals surface area contributed by atoms with Gasteiger partial charge < -0.3 is 4.74 Å². The zero-order chi connectivity index (χ0) is 10.7. The Morgan fingerprint density at radius 2 is 2.27 bits per heavy atom. The van der Waals surface area contributed by atoms with Gasteiger partial charge in [-0.05, 0) is 26.2 Å². The molecule has 0 spiro atoms. The largest absolute Gasteiger partial charge is 0.382 e. The number of ether oxygens (including phenoxy) is 1. The molecular formula is C11H18N2O2. The minimum atomic E-state index is 0.133. The number of aryl methyl sites for hydroxylation is 1. The molecule has 1 fully saturated rings. The molecule has 0 bridgehead atoms. The Balaban J connectivity index is 1.88. The van der Waals surface area contributed by atoms with E-state index in [1.807, 2.05) is 23.9 Å². The van der Waals surface area contributed by atoms with E-state index >= 15 is 0 Å². The van der Waals surface area contributed by atoms with Gasteiger partial charge in [0, 0.05) is 38.2 Å². The molecule has 0 N–H and O–H groups in total. The Morgan fingerprint density at radius 3 is 2.93 bits per heavy atom. The first-order chi connectivity index (χ1) is 7.33. The van der Waals surface area contributed by atoms with E-state index in [-0.39, 0.29) is 5.69 Å². The molecule has 1 aromatic heterocycles. The summed E-state index contributed by atoms with van der Waals surface area (Å²) in [4.78, 5) is 11.8. The fourth-order valence-corrected chi connectivity index (χ4v) is 1.71. The van der Waals surface area contributed by atoms with Gasteiger partial charge in [-0.25, -0.2) is 4.79 Å². The number of nitrogens with zero attached hydrogens (tertiary/aromatic N) is 2. The predicted octanol–water partition coefficient (Wildman–Crippen LogP) is 1.41. The average Bonchev–Trinajstić information content (AvgIpc) is 3.00. The molecular weight excluding hydrogens is 192 g/mol. The summed E-state index contributed by atoms with van der Waals surface area (Å²) in [6, 6.07) is 0.477. The molecule has 0 atom stereocenters. The summed E-state index contributed by atoms with van der Waals surface area (Å²) in [5, 5.41) is 0. The van der Waals surface area contributed by atoms with E-state index in [4.69, 9.17) is 4.74 Å². The average molecular weight is 210 g/mol. The zero-order valence-corrected chi connectivity index (χ0v) is 9.19. The summed E-state index contributed by atoms with van der Waals surface area (Å²) in [6.07, 6.45) is 7.00. The Labute approximate surface area is 89.5 Å². The quantitative estimate of drug-likeness (QED) is 0.666. The lowest BCUT2D eigenvalue weighted by Gasteiger charge is -2.02. The van der Waals surface area contributed by atoms with Gasteiger partial charge in [0.05, 0.1) is 0 Å². The summed E-state index contributed by atoms with van der Waals surface area (Å²) in [5.41, 5.74) is 0.133. The van der Waals surface area contributed by atoms with Crippen LogP contribution >= 0.6 is 0 Å². The smallest absolute Gasteiger partial charge is 0.328 e. The molecule has 0 amide bonds. The van der Waals surface area contributed by atoms with Crippen molar-refractivity contribution in [1.29, 1.82) is 0 Å². The number of hydrogen-bond acceptors (Lipinski definition) is 2. The van der Waals surface area contributed by atoms with Crippen LogP contribution in [0.2, 0.25) is 0 Å². The monoisotopic (exact) mass is 210 g/mol. The minimum Gasteiger partial charge on any atom is -0.382 e. The second-order valence-corrected chi connectivity index (χ2v) is 3.96. The van der Waals surface area contributed by atoms with Gasteiger partial charge in [0.25, 0.3) is 0 Å². The molecule has 4 nitrogen and oxygen atoms in total. The number of rotatable bonds is 6. The lowest BCUT2D eigenvalue weighted by Crippen LogP contribution is -2.23. The molecule has 4 heteroatoms. The van der Waals surface area contributed by atoms with Crippen molar-refractivity contribution in [2.75, 3.05) is 13.2 Å². The van der Waals surface area contributed by atoms with Crippen LogP contribution in [-0.2, 0) is 11.3 Å².